The molecular weight excluding hydrogens is 430 g/mol. The lowest BCUT2D eigenvalue weighted by molar-refractivity contribution is -0.125. The number of amides is 3. The molecule has 0 spiro atoms. The molecule has 0 bridgehead atoms. The van der Waals surface area contributed by atoms with Crippen molar-refractivity contribution in [3.63, 3.8) is 0 Å². The van der Waals surface area contributed by atoms with Gasteiger partial charge < -0.3 is 25.0 Å². The molecule has 8 nitrogen and oxygen atoms in total. The molecule has 1 saturated heterocycles. The van der Waals surface area contributed by atoms with Gasteiger partial charge in [-0.05, 0) is 55.7 Å². The third-order valence-electron chi connectivity index (χ3n) is 5.00. The maximum Gasteiger partial charge on any atom is 0.414 e. The maximum atomic E-state index is 12.8. The van der Waals surface area contributed by atoms with E-state index in [1.54, 1.807) is 35.2 Å². The molecule has 1 saturated carbocycles. The summed E-state index contributed by atoms with van der Waals surface area (Å²) < 4.78 is 10.9. The Morgan fingerprint density at radius 2 is 2.07 bits per heavy atom. The highest BCUT2D eigenvalue weighted by Gasteiger charge is 2.51. The minimum Gasteiger partial charge on any atom is -0.399 e. The van der Waals surface area contributed by atoms with Crippen molar-refractivity contribution in [3.8, 4) is 5.06 Å². The van der Waals surface area contributed by atoms with E-state index in [4.69, 9.17) is 21.1 Å². The van der Waals surface area contributed by atoms with Crippen LogP contribution in [-0.4, -0.2) is 43.2 Å². The zero-order chi connectivity index (χ0) is 21.3. The number of benzene rings is 1. The van der Waals surface area contributed by atoms with Crippen molar-refractivity contribution in [1.82, 2.24) is 5.32 Å². The van der Waals surface area contributed by atoms with E-state index in [1.807, 2.05) is 6.92 Å². The predicted octanol–water partition coefficient (Wildman–Crippen LogP) is 3.33. The van der Waals surface area contributed by atoms with Crippen molar-refractivity contribution in [2.24, 2.45) is 0 Å². The zero-order valence-electron chi connectivity index (χ0n) is 16.2. The van der Waals surface area contributed by atoms with Gasteiger partial charge in [-0.2, -0.15) is 0 Å². The summed E-state index contributed by atoms with van der Waals surface area (Å²) in [5.74, 6) is -0.397. The number of ether oxygens (including phenoxy) is 2. The van der Waals surface area contributed by atoms with E-state index in [1.165, 1.54) is 0 Å². The van der Waals surface area contributed by atoms with E-state index < -0.39 is 11.6 Å². The molecule has 4 rings (SSSR count). The van der Waals surface area contributed by atoms with Crippen LogP contribution in [0.1, 0.15) is 18.4 Å². The first-order chi connectivity index (χ1) is 14.4. The van der Waals surface area contributed by atoms with Gasteiger partial charge in [0.05, 0.1) is 10.9 Å². The van der Waals surface area contributed by atoms with Crippen LogP contribution in [0.3, 0.4) is 0 Å². The second-order valence-electron chi connectivity index (χ2n) is 7.21. The van der Waals surface area contributed by atoms with Crippen molar-refractivity contribution in [2.45, 2.75) is 25.3 Å². The number of carbonyl (C=O) groups is 3. The van der Waals surface area contributed by atoms with E-state index in [-0.39, 0.29) is 18.4 Å². The first-order valence-corrected chi connectivity index (χ1v) is 10.6. The molecule has 10 heteroatoms. The molecule has 0 atom stereocenters. The van der Waals surface area contributed by atoms with E-state index in [0.717, 1.165) is 22.6 Å². The van der Waals surface area contributed by atoms with Crippen LogP contribution in [0.5, 0.6) is 5.06 Å². The summed E-state index contributed by atoms with van der Waals surface area (Å²) in [6.07, 6.45) is 0.357. The highest BCUT2D eigenvalue weighted by atomic mass is 35.5. The minimum absolute atomic E-state index is 0.0693. The van der Waals surface area contributed by atoms with Crippen molar-refractivity contribution in [3.05, 3.63) is 40.2 Å². The van der Waals surface area contributed by atoms with Crippen LogP contribution in [0.25, 0.3) is 0 Å². The molecule has 3 amide bonds. The van der Waals surface area contributed by atoms with Gasteiger partial charge >= 0.3 is 6.09 Å². The molecule has 2 N–H and O–H groups in total. The third-order valence-corrected chi connectivity index (χ3v) is 6.11. The quantitative estimate of drug-likeness (QED) is 0.729. The van der Waals surface area contributed by atoms with Crippen LogP contribution in [0.4, 0.5) is 16.2 Å². The Labute approximate surface area is 182 Å². The fourth-order valence-electron chi connectivity index (χ4n) is 3.26. The van der Waals surface area contributed by atoms with Gasteiger partial charge in [-0.15, -0.1) is 0 Å². The molecule has 1 aliphatic carbocycles. The summed E-state index contributed by atoms with van der Waals surface area (Å²) in [7, 11) is 0. The molecule has 0 unspecified atom stereocenters. The molecule has 1 aliphatic heterocycles. The number of nitrogens with one attached hydrogen (secondary N) is 2. The van der Waals surface area contributed by atoms with Crippen LogP contribution in [0.15, 0.2) is 30.3 Å². The zero-order valence-corrected chi connectivity index (χ0v) is 17.8. The normalized spacial score (nSPS) is 17.4. The van der Waals surface area contributed by atoms with Crippen LogP contribution in [0, 0.1) is 6.92 Å². The lowest BCUT2D eigenvalue weighted by atomic mass is 10.1. The largest absolute Gasteiger partial charge is 0.414 e. The fourth-order valence-corrected chi connectivity index (χ4v) is 4.13. The second-order valence-corrected chi connectivity index (χ2v) is 8.89. The molecule has 2 aliphatic rings. The summed E-state index contributed by atoms with van der Waals surface area (Å²) in [6.45, 7) is 2.93. The third kappa shape index (κ3) is 4.43. The fraction of sp³-hybridized carbons (Fsp3) is 0.350. The van der Waals surface area contributed by atoms with Gasteiger partial charge in [-0.25, -0.2) is 4.79 Å². The summed E-state index contributed by atoms with van der Waals surface area (Å²) in [6, 6.07) is 8.57. The molecular formula is C20H20ClN3O5S. The van der Waals surface area contributed by atoms with E-state index in [0.29, 0.717) is 41.1 Å². The van der Waals surface area contributed by atoms with Crippen LogP contribution in [-0.2, 0) is 14.3 Å². The van der Waals surface area contributed by atoms with Crippen LogP contribution < -0.4 is 20.3 Å². The lowest BCUT2D eigenvalue weighted by Crippen LogP contribution is -2.47. The second kappa shape index (κ2) is 8.25. The number of nitrogens with zero attached hydrogens (tertiary/aromatic N) is 1. The average Bonchev–Trinajstić information content (AvgIpc) is 3.37. The van der Waals surface area contributed by atoms with E-state index in [2.05, 4.69) is 10.6 Å². The molecule has 0 radical (unpaired) electrons. The van der Waals surface area contributed by atoms with Crippen molar-refractivity contribution >= 4 is 52.2 Å². The van der Waals surface area contributed by atoms with Crippen molar-refractivity contribution in [2.75, 3.05) is 30.0 Å². The van der Waals surface area contributed by atoms with Gasteiger partial charge in [-0.3, -0.25) is 9.59 Å². The Morgan fingerprint density at radius 1 is 1.27 bits per heavy atom. The van der Waals surface area contributed by atoms with E-state index >= 15 is 0 Å². The Bertz CT molecular complexity index is 1000. The number of carbonyl (C=O) groups excluding carboxylic acids is 3. The highest BCUT2D eigenvalue weighted by Crippen LogP contribution is 2.37. The average molecular weight is 450 g/mol. The van der Waals surface area contributed by atoms with Crippen molar-refractivity contribution in [1.29, 1.82) is 0 Å². The van der Waals surface area contributed by atoms with Crippen molar-refractivity contribution < 1.29 is 23.9 Å². The molecule has 2 heterocycles. The number of morpholine rings is 1. The molecule has 2 aromatic rings. The topological polar surface area (TPSA) is 97.0 Å². The Kier molecular flexibility index (Phi) is 5.68. The number of halogens is 1. The maximum absolute atomic E-state index is 12.8. The monoisotopic (exact) mass is 449 g/mol. The summed E-state index contributed by atoms with van der Waals surface area (Å²) in [4.78, 5) is 38.6. The smallest absolute Gasteiger partial charge is 0.399 e. The summed E-state index contributed by atoms with van der Waals surface area (Å²) >= 11 is 6.96. The molecule has 30 heavy (non-hydrogen) atoms. The number of aryl methyl sites for hydroxylation is 1. The molecule has 158 valence electrons. The van der Waals surface area contributed by atoms with Crippen LogP contribution >= 0.6 is 22.9 Å². The predicted molar refractivity (Wildman–Crippen MR) is 113 cm³/mol. The molecule has 1 aromatic heterocycles. The molecule has 2 fully saturated rings. The number of hydrogen-bond acceptors (Lipinski definition) is 6. The Balaban J connectivity index is 1.39. The number of anilines is 2. The van der Waals surface area contributed by atoms with Gasteiger partial charge in [0.1, 0.15) is 12.1 Å². The standard InChI is InChI=1S/C20H20ClN3O5S/c1-12-10-13(2-3-14(12)24-8-9-28-11-16(24)25)22-18(26)20(6-7-20)23-19(27)29-17-5-4-15(21)30-17/h2-5,10H,6-9,11H2,1H3,(H,22,26)(H,23,27). The highest BCUT2D eigenvalue weighted by molar-refractivity contribution is 7.17. The Hall–Kier alpha value is -2.62. The van der Waals surface area contributed by atoms with E-state index in [9.17, 15) is 14.4 Å². The Morgan fingerprint density at radius 3 is 2.70 bits per heavy atom. The number of thiophene rings is 1. The van der Waals surface area contributed by atoms with Crippen LogP contribution in [0.2, 0.25) is 4.34 Å². The van der Waals surface area contributed by atoms with Gasteiger partial charge in [0.2, 0.25) is 5.91 Å². The number of rotatable bonds is 5. The number of hydrogen-bond donors (Lipinski definition) is 2. The summed E-state index contributed by atoms with van der Waals surface area (Å²) in [5, 5.41) is 5.86. The first-order valence-electron chi connectivity index (χ1n) is 9.42. The lowest BCUT2D eigenvalue weighted by Gasteiger charge is -2.28. The summed E-state index contributed by atoms with van der Waals surface area (Å²) in [5.41, 5.74) is 1.26. The molecule has 1 aromatic carbocycles. The van der Waals surface area contributed by atoms with Gasteiger partial charge in [-0.1, -0.05) is 22.9 Å². The minimum atomic E-state index is -0.981. The SMILES string of the molecule is Cc1cc(NC(=O)C2(NC(=O)Oc3ccc(Cl)s3)CC2)ccc1N1CCOCC1=O. The van der Waals surface area contributed by atoms with Gasteiger partial charge in [0.25, 0.3) is 5.91 Å². The van der Waals surface area contributed by atoms with Gasteiger partial charge in [0.15, 0.2) is 5.06 Å². The van der Waals surface area contributed by atoms with Gasteiger partial charge in [0, 0.05) is 17.9 Å². The first kappa shape index (κ1) is 20.6.